The number of thiophene rings is 1. The molecule has 0 spiro atoms. The zero-order chi connectivity index (χ0) is 11.1. The van der Waals surface area contributed by atoms with Gasteiger partial charge in [0.15, 0.2) is 0 Å². The van der Waals surface area contributed by atoms with E-state index in [0.29, 0.717) is 0 Å². The summed E-state index contributed by atoms with van der Waals surface area (Å²) in [5, 5.41) is 0. The first-order valence-electron chi connectivity index (χ1n) is 5.74. The first-order valence-corrected chi connectivity index (χ1v) is 7.54. The van der Waals surface area contributed by atoms with Crippen LogP contribution in [0, 0.1) is 0 Å². The fourth-order valence-electron chi connectivity index (χ4n) is 1.52. The second-order valence-electron chi connectivity index (χ2n) is 3.43. The van der Waals surface area contributed by atoms with Crippen LogP contribution in [-0.2, 0) is 6.42 Å². The molecule has 0 aromatic carbocycles. The number of thioether (sulfide) groups is 1. The number of hydrogen-bond donors (Lipinski definition) is 0. The Morgan fingerprint density at radius 1 is 1.20 bits per heavy atom. The van der Waals surface area contributed by atoms with Crippen LogP contribution in [0.2, 0.25) is 0 Å². The fraction of sp³-hybridized carbons (Fsp3) is 0.667. The largest absolute Gasteiger partial charge is 0.304 e. The molecule has 1 aromatic rings. The van der Waals surface area contributed by atoms with Crippen molar-refractivity contribution in [3.63, 3.8) is 0 Å². The van der Waals surface area contributed by atoms with Crippen LogP contribution in [0.4, 0.5) is 0 Å². The van der Waals surface area contributed by atoms with Crippen molar-refractivity contribution in [3.8, 4) is 0 Å². The molecule has 3 heteroatoms. The monoisotopic (exact) mass is 243 g/mol. The van der Waals surface area contributed by atoms with Gasteiger partial charge in [-0.1, -0.05) is 20.8 Å². The van der Waals surface area contributed by atoms with Crippen molar-refractivity contribution < 1.29 is 0 Å². The SMILES string of the molecule is CCSc1ccc(CCN(CC)CC)s1. The van der Waals surface area contributed by atoms with E-state index in [4.69, 9.17) is 0 Å². The van der Waals surface area contributed by atoms with E-state index in [1.807, 2.05) is 23.1 Å². The first kappa shape index (κ1) is 13.1. The van der Waals surface area contributed by atoms with Crippen LogP contribution < -0.4 is 0 Å². The Labute approximate surface area is 102 Å². The van der Waals surface area contributed by atoms with Crippen LogP contribution in [0.1, 0.15) is 25.6 Å². The van der Waals surface area contributed by atoms with E-state index in [1.54, 1.807) is 0 Å². The van der Waals surface area contributed by atoms with E-state index >= 15 is 0 Å². The van der Waals surface area contributed by atoms with E-state index in [2.05, 4.69) is 37.8 Å². The number of rotatable bonds is 7. The molecule has 0 saturated carbocycles. The summed E-state index contributed by atoms with van der Waals surface area (Å²) in [5.41, 5.74) is 0. The molecule has 0 atom stereocenters. The van der Waals surface area contributed by atoms with E-state index < -0.39 is 0 Å². The predicted octanol–water partition coefficient (Wildman–Crippen LogP) is 3.74. The maximum Gasteiger partial charge on any atom is 0.0601 e. The number of hydrogen-bond acceptors (Lipinski definition) is 3. The van der Waals surface area contributed by atoms with E-state index in [-0.39, 0.29) is 0 Å². The molecule has 0 aliphatic carbocycles. The van der Waals surface area contributed by atoms with E-state index in [0.717, 1.165) is 0 Å². The molecule has 1 nitrogen and oxygen atoms in total. The van der Waals surface area contributed by atoms with Crippen LogP contribution in [0.25, 0.3) is 0 Å². The highest BCUT2D eigenvalue weighted by Gasteiger charge is 2.03. The fourth-order valence-corrected chi connectivity index (χ4v) is 3.60. The van der Waals surface area contributed by atoms with Gasteiger partial charge in [-0.25, -0.2) is 0 Å². The molecule has 15 heavy (non-hydrogen) atoms. The minimum Gasteiger partial charge on any atom is -0.304 e. The van der Waals surface area contributed by atoms with Crippen LogP contribution in [0.5, 0.6) is 0 Å². The molecule has 0 aliphatic heterocycles. The first-order chi connectivity index (χ1) is 7.30. The average Bonchev–Trinajstić information content (AvgIpc) is 2.68. The third-order valence-electron chi connectivity index (χ3n) is 2.49. The van der Waals surface area contributed by atoms with Crippen LogP contribution in [0.15, 0.2) is 16.3 Å². The lowest BCUT2D eigenvalue weighted by atomic mass is 10.3. The smallest absolute Gasteiger partial charge is 0.0601 e. The highest BCUT2D eigenvalue weighted by atomic mass is 32.2. The minimum atomic E-state index is 1.17. The Hall–Kier alpha value is 0.01000. The molecule has 0 bridgehead atoms. The third-order valence-corrected chi connectivity index (χ3v) is 4.74. The van der Waals surface area contributed by atoms with Crippen LogP contribution >= 0.6 is 23.1 Å². The average molecular weight is 243 g/mol. The number of nitrogens with zero attached hydrogens (tertiary/aromatic N) is 1. The summed E-state index contributed by atoms with van der Waals surface area (Å²) in [7, 11) is 0. The van der Waals surface area contributed by atoms with Gasteiger partial charge >= 0.3 is 0 Å². The summed E-state index contributed by atoms with van der Waals surface area (Å²) < 4.78 is 1.46. The summed E-state index contributed by atoms with van der Waals surface area (Å²) in [6, 6.07) is 4.54. The summed E-state index contributed by atoms with van der Waals surface area (Å²) in [6.07, 6.45) is 1.20. The second-order valence-corrected chi connectivity index (χ2v) is 6.16. The van der Waals surface area contributed by atoms with Gasteiger partial charge in [0.2, 0.25) is 0 Å². The van der Waals surface area contributed by atoms with Gasteiger partial charge in [-0.15, -0.1) is 23.1 Å². The van der Waals surface area contributed by atoms with Gasteiger partial charge in [-0.2, -0.15) is 0 Å². The molecule has 0 N–H and O–H groups in total. The molecule has 0 amide bonds. The quantitative estimate of drug-likeness (QED) is 0.671. The van der Waals surface area contributed by atoms with Crippen molar-refractivity contribution in [2.45, 2.75) is 31.4 Å². The van der Waals surface area contributed by atoms with Crippen molar-refractivity contribution in [3.05, 3.63) is 17.0 Å². The Kier molecular flexibility index (Phi) is 6.37. The number of likely N-dealkylation sites (N-methyl/N-ethyl adjacent to an activating group) is 1. The summed E-state index contributed by atoms with van der Waals surface area (Å²) >= 11 is 3.90. The Morgan fingerprint density at radius 3 is 2.53 bits per heavy atom. The zero-order valence-electron chi connectivity index (χ0n) is 9.95. The predicted molar refractivity (Wildman–Crippen MR) is 72.2 cm³/mol. The lowest BCUT2D eigenvalue weighted by molar-refractivity contribution is 0.308. The molecule has 0 fully saturated rings. The van der Waals surface area contributed by atoms with Crippen LogP contribution in [0.3, 0.4) is 0 Å². The normalized spacial score (nSPS) is 11.2. The molecule has 86 valence electrons. The van der Waals surface area contributed by atoms with Gasteiger partial charge in [0, 0.05) is 11.4 Å². The van der Waals surface area contributed by atoms with Crippen molar-refractivity contribution in [2.75, 3.05) is 25.4 Å². The molecule has 0 unspecified atom stereocenters. The van der Waals surface area contributed by atoms with Gasteiger partial charge in [0.1, 0.15) is 0 Å². The van der Waals surface area contributed by atoms with Crippen molar-refractivity contribution >= 4 is 23.1 Å². The summed E-state index contributed by atoms with van der Waals surface area (Å²) in [6.45, 7) is 10.2. The standard InChI is InChI=1S/C12H21NS2/c1-4-13(5-2)10-9-11-7-8-12(15-11)14-6-3/h7-8H,4-6,9-10H2,1-3H3. The molecule has 1 rings (SSSR count). The van der Waals surface area contributed by atoms with Gasteiger partial charge in [-0.3, -0.25) is 0 Å². The van der Waals surface area contributed by atoms with Gasteiger partial charge < -0.3 is 4.90 Å². The second kappa shape index (κ2) is 7.31. The Morgan fingerprint density at radius 2 is 1.93 bits per heavy atom. The van der Waals surface area contributed by atoms with Gasteiger partial charge in [0.05, 0.1) is 4.21 Å². The molecule has 0 saturated heterocycles. The van der Waals surface area contributed by atoms with E-state index in [1.165, 1.54) is 40.9 Å². The minimum absolute atomic E-state index is 1.17. The maximum atomic E-state index is 2.48. The highest BCUT2D eigenvalue weighted by Crippen LogP contribution is 2.27. The van der Waals surface area contributed by atoms with Crippen molar-refractivity contribution in [1.29, 1.82) is 0 Å². The van der Waals surface area contributed by atoms with Gasteiger partial charge in [0.25, 0.3) is 0 Å². The summed E-state index contributed by atoms with van der Waals surface area (Å²) in [4.78, 5) is 4.00. The molecule has 1 aromatic heterocycles. The summed E-state index contributed by atoms with van der Waals surface area (Å²) in [5.74, 6) is 1.18. The zero-order valence-corrected chi connectivity index (χ0v) is 11.6. The van der Waals surface area contributed by atoms with E-state index in [9.17, 15) is 0 Å². The maximum absolute atomic E-state index is 2.48. The Balaban J connectivity index is 2.36. The molecule has 0 radical (unpaired) electrons. The molecule has 0 aliphatic rings. The molecular formula is C12H21NS2. The van der Waals surface area contributed by atoms with Gasteiger partial charge in [-0.05, 0) is 37.4 Å². The lowest BCUT2D eigenvalue weighted by Gasteiger charge is -2.16. The van der Waals surface area contributed by atoms with Crippen LogP contribution in [-0.4, -0.2) is 30.3 Å². The molecular weight excluding hydrogens is 222 g/mol. The highest BCUT2D eigenvalue weighted by molar-refractivity contribution is 8.01. The molecule has 1 heterocycles. The lowest BCUT2D eigenvalue weighted by Crippen LogP contribution is -2.25. The van der Waals surface area contributed by atoms with Crippen molar-refractivity contribution in [1.82, 2.24) is 4.90 Å². The topological polar surface area (TPSA) is 3.24 Å². The van der Waals surface area contributed by atoms with Crippen molar-refractivity contribution in [2.24, 2.45) is 0 Å². The third kappa shape index (κ3) is 4.58. The Bertz CT molecular complexity index is 266.